The average Bonchev–Trinajstić information content (AvgIpc) is 2.27. The van der Waals surface area contributed by atoms with Crippen LogP contribution in [0, 0.1) is 11.8 Å². The van der Waals surface area contributed by atoms with Gasteiger partial charge in [-0.25, -0.2) is 0 Å². The van der Waals surface area contributed by atoms with Crippen LogP contribution >= 0.6 is 0 Å². The third-order valence-corrected chi connectivity index (χ3v) is 3.49. The Morgan fingerprint density at radius 1 is 0.941 bits per heavy atom. The summed E-state index contributed by atoms with van der Waals surface area (Å²) < 4.78 is 0. The third kappa shape index (κ3) is 4.03. The highest BCUT2D eigenvalue weighted by Gasteiger charge is 2.04. The maximum atomic E-state index is 2.27. The van der Waals surface area contributed by atoms with Crippen molar-refractivity contribution < 1.29 is 0 Å². The Hall–Kier alpha value is -1.04. The Morgan fingerprint density at radius 3 is 1.88 bits per heavy atom. The molecule has 1 aromatic carbocycles. The maximum Gasteiger partial charge on any atom is -0.0228 e. The van der Waals surface area contributed by atoms with Crippen LogP contribution in [0.25, 0.3) is 5.57 Å². The highest BCUT2D eigenvalue weighted by Crippen LogP contribution is 2.23. The molecular weight excluding hydrogens is 204 g/mol. The van der Waals surface area contributed by atoms with Gasteiger partial charge in [-0.1, -0.05) is 57.5 Å². The van der Waals surface area contributed by atoms with Gasteiger partial charge in [-0.3, -0.25) is 0 Å². The number of hydrogen-bond acceptors (Lipinski definition) is 0. The van der Waals surface area contributed by atoms with E-state index in [1.807, 2.05) is 0 Å². The molecule has 0 bridgehead atoms. The first-order valence-corrected chi connectivity index (χ1v) is 6.68. The molecule has 17 heavy (non-hydrogen) atoms. The first-order valence-electron chi connectivity index (χ1n) is 6.68. The van der Waals surface area contributed by atoms with Gasteiger partial charge in [0.25, 0.3) is 0 Å². The van der Waals surface area contributed by atoms with E-state index in [1.165, 1.54) is 28.7 Å². The minimum atomic E-state index is 0.630. The lowest BCUT2D eigenvalue weighted by Crippen LogP contribution is -1.96. The SMILES string of the molecule is C/C(=C(/C)C(C)C)c1ccc(CC(C)C)cc1. The molecule has 0 aliphatic carbocycles. The zero-order valence-corrected chi connectivity index (χ0v) is 12.2. The van der Waals surface area contributed by atoms with Gasteiger partial charge in [-0.05, 0) is 48.8 Å². The molecule has 94 valence electrons. The van der Waals surface area contributed by atoms with E-state index < -0.39 is 0 Å². The zero-order valence-electron chi connectivity index (χ0n) is 12.2. The van der Waals surface area contributed by atoms with Crippen LogP contribution in [-0.4, -0.2) is 0 Å². The first kappa shape index (κ1) is 14.0. The van der Waals surface area contributed by atoms with Crippen molar-refractivity contribution in [2.24, 2.45) is 11.8 Å². The van der Waals surface area contributed by atoms with E-state index in [9.17, 15) is 0 Å². The second kappa shape index (κ2) is 6.05. The van der Waals surface area contributed by atoms with Crippen molar-refractivity contribution in [3.8, 4) is 0 Å². The van der Waals surface area contributed by atoms with Crippen LogP contribution in [0.4, 0.5) is 0 Å². The van der Waals surface area contributed by atoms with Crippen LogP contribution in [0.2, 0.25) is 0 Å². The molecule has 0 amide bonds. The molecule has 0 saturated carbocycles. The lowest BCUT2D eigenvalue weighted by atomic mass is 9.93. The standard InChI is InChI=1S/C17H26/c1-12(2)11-16-7-9-17(10-8-16)15(6)14(5)13(3)4/h7-10,12-13H,11H2,1-6H3/b15-14+. The summed E-state index contributed by atoms with van der Waals surface area (Å²) in [7, 11) is 0. The maximum absolute atomic E-state index is 2.27. The number of rotatable bonds is 4. The Labute approximate surface area is 107 Å². The molecule has 0 saturated heterocycles. The predicted molar refractivity (Wildman–Crippen MR) is 78.1 cm³/mol. The van der Waals surface area contributed by atoms with Gasteiger partial charge in [0, 0.05) is 0 Å². The minimum absolute atomic E-state index is 0.630. The van der Waals surface area contributed by atoms with E-state index in [0.29, 0.717) is 5.92 Å². The van der Waals surface area contributed by atoms with Crippen molar-refractivity contribution in [3.05, 3.63) is 41.0 Å². The minimum Gasteiger partial charge on any atom is -0.0672 e. The van der Waals surface area contributed by atoms with Crippen LogP contribution in [0.1, 0.15) is 52.7 Å². The van der Waals surface area contributed by atoms with E-state index in [4.69, 9.17) is 0 Å². The predicted octanol–water partition coefficient (Wildman–Crippen LogP) is 5.33. The molecule has 0 aliphatic rings. The van der Waals surface area contributed by atoms with E-state index >= 15 is 0 Å². The zero-order chi connectivity index (χ0) is 13.0. The normalized spacial score (nSPS) is 13.2. The molecule has 0 heterocycles. The topological polar surface area (TPSA) is 0 Å². The molecule has 0 N–H and O–H groups in total. The summed E-state index contributed by atoms with van der Waals surface area (Å²) in [5.74, 6) is 1.36. The van der Waals surface area contributed by atoms with Crippen LogP contribution in [0.3, 0.4) is 0 Å². The van der Waals surface area contributed by atoms with Crippen molar-refractivity contribution >= 4 is 5.57 Å². The summed E-state index contributed by atoms with van der Waals surface area (Å²) in [4.78, 5) is 0. The smallest absolute Gasteiger partial charge is 0.0228 e. The number of benzene rings is 1. The van der Waals surface area contributed by atoms with Crippen LogP contribution < -0.4 is 0 Å². The fraction of sp³-hybridized carbons (Fsp3) is 0.529. The quantitative estimate of drug-likeness (QED) is 0.655. The number of allylic oxidation sites excluding steroid dienone is 2. The summed E-state index contributed by atoms with van der Waals surface area (Å²) in [6.45, 7) is 13.5. The van der Waals surface area contributed by atoms with Gasteiger partial charge in [-0.15, -0.1) is 0 Å². The molecule has 0 aromatic heterocycles. The van der Waals surface area contributed by atoms with E-state index in [2.05, 4.69) is 65.8 Å². The Balaban J connectivity index is 2.91. The highest BCUT2D eigenvalue weighted by atomic mass is 14.1. The second-order valence-electron chi connectivity index (χ2n) is 5.76. The van der Waals surface area contributed by atoms with Gasteiger partial charge >= 0.3 is 0 Å². The lowest BCUT2D eigenvalue weighted by molar-refractivity contribution is 0.647. The summed E-state index contributed by atoms with van der Waals surface area (Å²) in [5, 5.41) is 0. The lowest BCUT2D eigenvalue weighted by Gasteiger charge is -2.12. The molecule has 0 atom stereocenters. The molecule has 1 aromatic rings. The summed E-state index contributed by atoms with van der Waals surface area (Å²) in [6.07, 6.45) is 1.17. The van der Waals surface area contributed by atoms with Crippen molar-refractivity contribution in [1.29, 1.82) is 0 Å². The van der Waals surface area contributed by atoms with Gasteiger partial charge in [0.15, 0.2) is 0 Å². The molecule has 0 heteroatoms. The van der Waals surface area contributed by atoms with Gasteiger partial charge in [0.2, 0.25) is 0 Å². The van der Waals surface area contributed by atoms with Crippen LogP contribution in [0.15, 0.2) is 29.8 Å². The Morgan fingerprint density at radius 2 is 1.47 bits per heavy atom. The monoisotopic (exact) mass is 230 g/mol. The third-order valence-electron chi connectivity index (χ3n) is 3.49. The van der Waals surface area contributed by atoms with Crippen molar-refractivity contribution in [2.45, 2.75) is 48.0 Å². The van der Waals surface area contributed by atoms with Gasteiger partial charge < -0.3 is 0 Å². The van der Waals surface area contributed by atoms with E-state index in [-0.39, 0.29) is 0 Å². The summed E-state index contributed by atoms with van der Waals surface area (Å²) in [5.41, 5.74) is 5.72. The molecule has 0 fully saturated rings. The second-order valence-corrected chi connectivity index (χ2v) is 5.76. The fourth-order valence-electron chi connectivity index (χ4n) is 2.02. The number of hydrogen-bond donors (Lipinski definition) is 0. The molecule has 0 radical (unpaired) electrons. The van der Waals surface area contributed by atoms with Crippen molar-refractivity contribution in [3.63, 3.8) is 0 Å². The first-order chi connectivity index (χ1) is 7.91. The van der Waals surface area contributed by atoms with Gasteiger partial charge in [-0.2, -0.15) is 0 Å². The Bertz CT molecular complexity index is 377. The molecular formula is C17H26. The van der Waals surface area contributed by atoms with Crippen molar-refractivity contribution in [2.75, 3.05) is 0 Å². The largest absolute Gasteiger partial charge is 0.0672 e. The molecule has 1 rings (SSSR count). The van der Waals surface area contributed by atoms with Crippen LogP contribution in [0.5, 0.6) is 0 Å². The molecule has 0 nitrogen and oxygen atoms in total. The molecule has 0 unspecified atom stereocenters. The van der Waals surface area contributed by atoms with E-state index in [0.717, 1.165) is 5.92 Å². The Kier molecular flexibility index (Phi) is 4.99. The molecule has 0 spiro atoms. The highest BCUT2D eigenvalue weighted by molar-refractivity contribution is 5.67. The van der Waals surface area contributed by atoms with Crippen LogP contribution in [-0.2, 0) is 6.42 Å². The summed E-state index contributed by atoms with van der Waals surface area (Å²) in [6, 6.07) is 9.07. The summed E-state index contributed by atoms with van der Waals surface area (Å²) >= 11 is 0. The average molecular weight is 230 g/mol. The van der Waals surface area contributed by atoms with Crippen molar-refractivity contribution in [1.82, 2.24) is 0 Å². The fourth-order valence-corrected chi connectivity index (χ4v) is 2.02. The van der Waals surface area contributed by atoms with E-state index in [1.54, 1.807) is 0 Å². The van der Waals surface area contributed by atoms with Gasteiger partial charge in [0.05, 0.1) is 0 Å². The van der Waals surface area contributed by atoms with Gasteiger partial charge in [0.1, 0.15) is 0 Å². The molecule has 0 aliphatic heterocycles.